The first-order valence-electron chi connectivity index (χ1n) is 10.7. The summed E-state index contributed by atoms with van der Waals surface area (Å²) in [6.07, 6.45) is 3.27. The number of amides is 1. The van der Waals surface area contributed by atoms with E-state index in [0.717, 1.165) is 56.3 Å². The summed E-state index contributed by atoms with van der Waals surface area (Å²) < 4.78 is 52.8. The summed E-state index contributed by atoms with van der Waals surface area (Å²) in [5.74, 6) is -2.52. The van der Waals surface area contributed by atoms with Gasteiger partial charge in [0.1, 0.15) is 16.5 Å². The fourth-order valence-electron chi connectivity index (χ4n) is 4.34. The number of alkyl halides is 2. The van der Waals surface area contributed by atoms with Crippen molar-refractivity contribution < 1.29 is 22.4 Å². The quantitative estimate of drug-likeness (QED) is 0.652. The van der Waals surface area contributed by atoms with Gasteiger partial charge in [0, 0.05) is 37.7 Å². The number of rotatable bonds is 6. The van der Waals surface area contributed by atoms with Crippen LogP contribution in [-0.4, -0.2) is 59.4 Å². The van der Waals surface area contributed by atoms with Gasteiger partial charge in [-0.05, 0) is 32.2 Å². The fourth-order valence-corrected chi connectivity index (χ4v) is 5.22. The lowest BCUT2D eigenvalue weighted by Crippen LogP contribution is -2.49. The second-order valence-corrected chi connectivity index (χ2v) is 9.23. The lowest BCUT2D eigenvalue weighted by Gasteiger charge is -2.42. The predicted molar refractivity (Wildman–Crippen MR) is 113 cm³/mol. The molecule has 1 amide bonds. The molecule has 4 rings (SSSR count). The molecule has 2 aliphatic rings. The van der Waals surface area contributed by atoms with Crippen LogP contribution in [0.5, 0.6) is 0 Å². The van der Waals surface area contributed by atoms with E-state index in [0.29, 0.717) is 23.9 Å². The average molecular weight is 472 g/mol. The fraction of sp³-hybridized carbons (Fsp3) is 0.571. The minimum atomic E-state index is -2.26. The molecule has 0 aliphatic carbocycles. The lowest BCUT2D eigenvalue weighted by atomic mass is 9.94. The Bertz CT molecular complexity index is 935. The van der Waals surface area contributed by atoms with Crippen LogP contribution in [-0.2, 0) is 6.54 Å². The monoisotopic (exact) mass is 471 g/mol. The smallest absolute Gasteiger partial charge is 0.263 e. The summed E-state index contributed by atoms with van der Waals surface area (Å²) in [7, 11) is 0. The van der Waals surface area contributed by atoms with Crippen LogP contribution in [0.1, 0.15) is 41.0 Å². The van der Waals surface area contributed by atoms with Crippen molar-refractivity contribution in [2.75, 3.05) is 31.1 Å². The predicted octanol–water partition coefficient (Wildman–Crippen LogP) is 3.69. The van der Waals surface area contributed by atoms with Crippen molar-refractivity contribution in [1.82, 2.24) is 20.2 Å². The van der Waals surface area contributed by atoms with Crippen molar-refractivity contribution in [2.45, 2.75) is 44.7 Å². The first-order chi connectivity index (χ1) is 15.4. The second-order valence-electron chi connectivity index (χ2n) is 8.22. The molecule has 6 nitrogen and oxygen atoms in total. The summed E-state index contributed by atoms with van der Waals surface area (Å²) >= 11 is 1.25. The Morgan fingerprint density at radius 1 is 1.16 bits per heavy atom. The van der Waals surface area contributed by atoms with E-state index in [1.165, 1.54) is 17.5 Å². The summed E-state index contributed by atoms with van der Waals surface area (Å²) in [6.45, 7) is 2.69. The zero-order valence-electron chi connectivity index (χ0n) is 17.4. The Morgan fingerprint density at radius 2 is 1.94 bits per heavy atom. The van der Waals surface area contributed by atoms with Crippen molar-refractivity contribution in [1.29, 1.82) is 0 Å². The zero-order chi connectivity index (χ0) is 22.7. The highest BCUT2D eigenvalue weighted by Gasteiger charge is 2.32. The molecule has 0 unspecified atom stereocenters. The molecule has 174 valence electrons. The van der Waals surface area contributed by atoms with Gasteiger partial charge in [-0.15, -0.1) is 0 Å². The van der Waals surface area contributed by atoms with E-state index >= 15 is 0 Å². The Balaban J connectivity index is 1.28. The number of carbonyl (C=O) groups excluding carboxylic acids is 1. The number of piperidine rings is 2. The van der Waals surface area contributed by atoms with Gasteiger partial charge in [0.05, 0.1) is 24.6 Å². The number of aromatic nitrogens is 2. The minimum absolute atomic E-state index is 0.0432. The maximum atomic E-state index is 13.7. The lowest BCUT2D eigenvalue weighted by molar-refractivity contribution is 0.0103. The van der Waals surface area contributed by atoms with Crippen molar-refractivity contribution in [3.05, 3.63) is 40.7 Å². The van der Waals surface area contributed by atoms with E-state index in [2.05, 4.69) is 25.1 Å². The van der Waals surface area contributed by atoms with Gasteiger partial charge < -0.3 is 10.2 Å². The first-order valence-corrected chi connectivity index (χ1v) is 11.5. The number of anilines is 1. The maximum Gasteiger partial charge on any atom is 0.263 e. The molecule has 0 saturated carbocycles. The zero-order valence-corrected chi connectivity index (χ0v) is 18.3. The van der Waals surface area contributed by atoms with Crippen LogP contribution in [0.2, 0.25) is 0 Å². The number of halogens is 4. The molecule has 2 aromatic rings. The number of pyridine rings is 1. The molecule has 11 heteroatoms. The molecule has 0 bridgehead atoms. The molecule has 2 aliphatic heterocycles. The van der Waals surface area contributed by atoms with Crippen LogP contribution in [0.15, 0.2) is 18.5 Å². The molecule has 0 radical (unpaired) electrons. The molecular formula is C21H25F4N5OS. The summed E-state index contributed by atoms with van der Waals surface area (Å²) in [6, 6.07) is 1.02. The third-order valence-corrected chi connectivity index (χ3v) is 7.17. The van der Waals surface area contributed by atoms with Gasteiger partial charge in [0.15, 0.2) is 5.13 Å². The highest BCUT2D eigenvalue weighted by atomic mass is 32.1. The molecule has 1 atom stereocenters. The molecule has 32 heavy (non-hydrogen) atoms. The van der Waals surface area contributed by atoms with Crippen LogP contribution in [0, 0.1) is 17.6 Å². The van der Waals surface area contributed by atoms with Crippen molar-refractivity contribution in [2.24, 2.45) is 5.92 Å². The molecule has 2 aromatic heterocycles. The molecule has 0 aromatic carbocycles. The summed E-state index contributed by atoms with van der Waals surface area (Å²) in [4.78, 5) is 25.1. The second kappa shape index (κ2) is 10.1. The van der Waals surface area contributed by atoms with Crippen LogP contribution in [0.4, 0.5) is 22.7 Å². The van der Waals surface area contributed by atoms with Crippen LogP contribution in [0.25, 0.3) is 0 Å². The van der Waals surface area contributed by atoms with Crippen LogP contribution in [0.3, 0.4) is 0 Å². The number of nitrogens with zero attached hydrogens (tertiary/aromatic N) is 4. The van der Waals surface area contributed by atoms with Crippen LogP contribution < -0.4 is 10.2 Å². The molecule has 1 N–H and O–H groups in total. The maximum absolute atomic E-state index is 13.7. The Morgan fingerprint density at radius 3 is 2.66 bits per heavy atom. The number of nitrogens with one attached hydrogen (secondary N) is 1. The van der Waals surface area contributed by atoms with Crippen molar-refractivity contribution in [3.63, 3.8) is 0 Å². The molecule has 0 spiro atoms. The number of carbonyl (C=O) groups is 1. The van der Waals surface area contributed by atoms with E-state index in [1.807, 2.05) is 0 Å². The normalized spacial score (nSPS) is 20.7. The van der Waals surface area contributed by atoms with Crippen LogP contribution >= 0.6 is 11.3 Å². The third kappa shape index (κ3) is 5.37. The van der Waals surface area contributed by atoms with Crippen molar-refractivity contribution >= 4 is 22.4 Å². The molecule has 2 fully saturated rings. The third-order valence-electron chi connectivity index (χ3n) is 6.11. The Hall–Kier alpha value is -2.27. The van der Waals surface area contributed by atoms with E-state index in [-0.39, 0.29) is 12.2 Å². The highest BCUT2D eigenvalue weighted by Crippen LogP contribution is 2.30. The number of hydrogen-bond donors (Lipinski definition) is 1. The van der Waals surface area contributed by atoms with E-state index in [1.54, 1.807) is 0 Å². The SMILES string of the molecule is O=C(NCc1ncc(F)cc1F)c1cnc(N2CCC(N3CCC[C@H](C(F)F)C3)CC2)s1. The Kier molecular flexibility index (Phi) is 7.24. The highest BCUT2D eigenvalue weighted by molar-refractivity contribution is 7.17. The molecule has 2 saturated heterocycles. The number of hydrogen-bond acceptors (Lipinski definition) is 6. The van der Waals surface area contributed by atoms with E-state index < -0.39 is 29.9 Å². The molecular weight excluding hydrogens is 446 g/mol. The number of likely N-dealkylation sites (tertiary alicyclic amines) is 1. The van der Waals surface area contributed by atoms with Gasteiger partial charge >= 0.3 is 0 Å². The summed E-state index contributed by atoms with van der Waals surface area (Å²) in [5.41, 5.74) is -0.0432. The van der Waals surface area contributed by atoms with Gasteiger partial charge in [0.2, 0.25) is 6.43 Å². The van der Waals surface area contributed by atoms with Gasteiger partial charge in [-0.2, -0.15) is 0 Å². The number of thiazole rings is 1. The Labute approximate surface area is 187 Å². The standard InChI is InChI=1S/C21H25F4N5OS/c22-14-8-16(23)17(26-9-14)10-27-20(31)18-11-28-21(32-18)29-6-3-15(4-7-29)30-5-1-2-13(12-30)19(24)25/h8-9,11,13,15,19H,1-7,10,12H2,(H,27,31)/t13-/m0/s1. The molecule has 4 heterocycles. The van der Waals surface area contributed by atoms with Gasteiger partial charge in [0.25, 0.3) is 5.91 Å². The largest absolute Gasteiger partial charge is 0.348 e. The van der Waals surface area contributed by atoms with Gasteiger partial charge in [-0.3, -0.25) is 14.7 Å². The van der Waals surface area contributed by atoms with Gasteiger partial charge in [-0.25, -0.2) is 22.5 Å². The van der Waals surface area contributed by atoms with E-state index in [4.69, 9.17) is 0 Å². The average Bonchev–Trinajstić information content (AvgIpc) is 3.29. The van der Waals surface area contributed by atoms with Crippen molar-refractivity contribution in [3.8, 4) is 0 Å². The topological polar surface area (TPSA) is 61.4 Å². The minimum Gasteiger partial charge on any atom is -0.348 e. The first kappa shape index (κ1) is 22.9. The summed E-state index contributed by atoms with van der Waals surface area (Å²) in [5, 5.41) is 3.30. The van der Waals surface area contributed by atoms with E-state index in [9.17, 15) is 22.4 Å². The van der Waals surface area contributed by atoms with Gasteiger partial charge in [-0.1, -0.05) is 11.3 Å².